The van der Waals surface area contributed by atoms with Crippen molar-refractivity contribution in [2.45, 2.75) is 10.8 Å². The number of ether oxygens (including phenoxy) is 1. The van der Waals surface area contributed by atoms with E-state index in [1.54, 1.807) is 6.33 Å². The molecule has 1 fully saturated rings. The first-order chi connectivity index (χ1) is 8.29. The lowest BCUT2D eigenvalue weighted by Crippen LogP contribution is -2.05. The van der Waals surface area contributed by atoms with Crippen LogP contribution in [-0.2, 0) is 4.74 Å². The molecule has 0 aromatic carbocycles. The van der Waals surface area contributed by atoms with E-state index < -0.39 is 0 Å². The van der Waals surface area contributed by atoms with Crippen molar-refractivity contribution in [1.29, 1.82) is 0 Å². The van der Waals surface area contributed by atoms with Crippen LogP contribution in [0.5, 0.6) is 0 Å². The topological polar surface area (TPSA) is 73.1 Å². The molecule has 0 saturated carbocycles. The summed E-state index contributed by atoms with van der Waals surface area (Å²) in [4.78, 5) is 12.2. The maximum atomic E-state index is 9.02. The summed E-state index contributed by atoms with van der Waals surface area (Å²) in [5, 5.41) is 9.42. The number of aliphatic hydroxyl groups excluding tert-OH is 1. The molecular weight excluding hydrogens is 264 g/mol. The summed E-state index contributed by atoms with van der Waals surface area (Å²) < 4.78 is 7.30. The van der Waals surface area contributed by atoms with Crippen molar-refractivity contribution in [1.82, 2.24) is 19.5 Å². The van der Waals surface area contributed by atoms with E-state index in [0.717, 1.165) is 0 Å². The molecule has 0 unspecified atom stereocenters. The predicted molar refractivity (Wildman–Crippen MR) is 63.8 cm³/mol. The van der Waals surface area contributed by atoms with E-state index in [2.05, 4.69) is 15.0 Å². The third-order valence-corrected chi connectivity index (χ3v) is 4.05. The summed E-state index contributed by atoms with van der Waals surface area (Å²) in [6.45, 7) is 0.520. The molecule has 0 aliphatic carbocycles. The SMILES string of the molecule is OC[C@H]1OC[C@@H](n2cnc3c(Cl)ncnc32)S1. The van der Waals surface area contributed by atoms with Crippen LogP contribution in [0.2, 0.25) is 5.15 Å². The van der Waals surface area contributed by atoms with Gasteiger partial charge in [-0.25, -0.2) is 15.0 Å². The van der Waals surface area contributed by atoms with Gasteiger partial charge in [0.15, 0.2) is 10.8 Å². The molecule has 0 radical (unpaired) electrons. The van der Waals surface area contributed by atoms with Crippen molar-refractivity contribution in [2.24, 2.45) is 0 Å². The third-order valence-electron chi connectivity index (χ3n) is 2.51. The van der Waals surface area contributed by atoms with E-state index >= 15 is 0 Å². The van der Waals surface area contributed by atoms with Gasteiger partial charge in [-0.05, 0) is 0 Å². The van der Waals surface area contributed by atoms with E-state index in [-0.39, 0.29) is 17.4 Å². The largest absolute Gasteiger partial charge is 0.393 e. The standard InChI is InChI=1S/C9H9ClN4O2S/c10-8-7-9(12-3-11-8)14(4-13-7)5-2-16-6(1-15)17-5/h3-6,15H,1-2H2/t5-,6-/m0/s1. The van der Waals surface area contributed by atoms with Gasteiger partial charge in [0.25, 0.3) is 0 Å². The monoisotopic (exact) mass is 272 g/mol. The number of imidazole rings is 1. The molecule has 3 heterocycles. The molecule has 2 aromatic rings. The van der Waals surface area contributed by atoms with Crippen molar-refractivity contribution in [3.05, 3.63) is 17.8 Å². The van der Waals surface area contributed by atoms with E-state index in [1.807, 2.05) is 4.57 Å². The highest BCUT2D eigenvalue weighted by molar-refractivity contribution is 8.00. The smallest absolute Gasteiger partial charge is 0.165 e. The first-order valence-electron chi connectivity index (χ1n) is 5.00. The van der Waals surface area contributed by atoms with Gasteiger partial charge >= 0.3 is 0 Å². The van der Waals surface area contributed by atoms with Gasteiger partial charge in [-0.2, -0.15) is 0 Å². The number of aromatic nitrogens is 4. The highest BCUT2D eigenvalue weighted by Crippen LogP contribution is 2.36. The first kappa shape index (κ1) is 11.2. The average molecular weight is 273 g/mol. The molecule has 90 valence electrons. The maximum absolute atomic E-state index is 9.02. The number of hydrogen-bond donors (Lipinski definition) is 1. The Bertz CT molecular complexity index is 549. The van der Waals surface area contributed by atoms with Gasteiger partial charge in [0.05, 0.1) is 19.5 Å². The summed E-state index contributed by atoms with van der Waals surface area (Å²) in [6, 6.07) is 0. The summed E-state index contributed by atoms with van der Waals surface area (Å²) in [5.41, 5.74) is 1.08. The minimum atomic E-state index is -0.185. The van der Waals surface area contributed by atoms with Crippen molar-refractivity contribution < 1.29 is 9.84 Å². The van der Waals surface area contributed by atoms with Crippen LogP contribution >= 0.6 is 23.4 Å². The number of rotatable bonds is 2. The molecule has 0 bridgehead atoms. The van der Waals surface area contributed by atoms with Crippen LogP contribution in [0.25, 0.3) is 11.2 Å². The molecule has 0 spiro atoms. The van der Waals surface area contributed by atoms with E-state index in [1.165, 1.54) is 18.1 Å². The molecule has 2 atom stereocenters. The fourth-order valence-electron chi connectivity index (χ4n) is 1.72. The van der Waals surface area contributed by atoms with Gasteiger partial charge in [0.1, 0.15) is 22.7 Å². The minimum Gasteiger partial charge on any atom is -0.393 e. The van der Waals surface area contributed by atoms with Crippen molar-refractivity contribution >= 4 is 34.5 Å². The molecule has 2 aromatic heterocycles. The molecule has 17 heavy (non-hydrogen) atoms. The number of aliphatic hydroxyl groups is 1. The highest BCUT2D eigenvalue weighted by Gasteiger charge is 2.28. The zero-order valence-electron chi connectivity index (χ0n) is 8.65. The number of halogens is 1. The Hall–Kier alpha value is -0.890. The summed E-state index contributed by atoms with van der Waals surface area (Å²) in [7, 11) is 0. The number of fused-ring (bicyclic) bond motifs is 1. The van der Waals surface area contributed by atoms with Gasteiger partial charge in [-0.1, -0.05) is 11.6 Å². The third kappa shape index (κ3) is 1.89. The van der Waals surface area contributed by atoms with Gasteiger partial charge in [-0.3, -0.25) is 4.57 Å². The maximum Gasteiger partial charge on any atom is 0.165 e. The van der Waals surface area contributed by atoms with Gasteiger partial charge in [0, 0.05) is 0 Å². The van der Waals surface area contributed by atoms with Crippen LogP contribution in [0, 0.1) is 0 Å². The predicted octanol–water partition coefficient (Wildman–Crippen LogP) is 1.06. The molecule has 0 amide bonds. The molecule has 1 N–H and O–H groups in total. The first-order valence-corrected chi connectivity index (χ1v) is 6.32. The number of nitrogens with zero attached hydrogens (tertiary/aromatic N) is 4. The molecular formula is C9H9ClN4O2S. The van der Waals surface area contributed by atoms with Crippen LogP contribution in [0.3, 0.4) is 0 Å². The fourth-order valence-corrected chi connectivity index (χ4v) is 2.93. The zero-order valence-corrected chi connectivity index (χ0v) is 10.2. The zero-order chi connectivity index (χ0) is 11.8. The van der Waals surface area contributed by atoms with Crippen LogP contribution in [0.15, 0.2) is 12.7 Å². The van der Waals surface area contributed by atoms with Crippen molar-refractivity contribution in [2.75, 3.05) is 13.2 Å². The number of hydrogen-bond acceptors (Lipinski definition) is 6. The Morgan fingerprint density at radius 1 is 1.53 bits per heavy atom. The second-order valence-corrected chi connectivity index (χ2v) is 5.22. The molecule has 1 aliphatic rings. The van der Waals surface area contributed by atoms with Crippen LogP contribution in [0.4, 0.5) is 0 Å². The Balaban J connectivity index is 1.99. The summed E-state index contributed by atoms with van der Waals surface area (Å²) >= 11 is 7.46. The average Bonchev–Trinajstić information content (AvgIpc) is 2.94. The Morgan fingerprint density at radius 3 is 3.18 bits per heavy atom. The van der Waals surface area contributed by atoms with Crippen LogP contribution < -0.4 is 0 Å². The molecule has 1 aliphatic heterocycles. The van der Waals surface area contributed by atoms with E-state index in [0.29, 0.717) is 22.9 Å². The second kappa shape index (κ2) is 4.41. The number of thioether (sulfide) groups is 1. The molecule has 3 rings (SSSR count). The van der Waals surface area contributed by atoms with Gasteiger partial charge in [0.2, 0.25) is 0 Å². The highest BCUT2D eigenvalue weighted by atomic mass is 35.5. The van der Waals surface area contributed by atoms with E-state index in [9.17, 15) is 0 Å². The van der Waals surface area contributed by atoms with Gasteiger partial charge in [-0.15, -0.1) is 11.8 Å². The van der Waals surface area contributed by atoms with Crippen LogP contribution in [-0.4, -0.2) is 43.3 Å². The molecule has 8 heteroatoms. The van der Waals surface area contributed by atoms with Gasteiger partial charge < -0.3 is 9.84 Å². The second-order valence-electron chi connectivity index (χ2n) is 3.52. The van der Waals surface area contributed by atoms with E-state index in [4.69, 9.17) is 21.4 Å². The lowest BCUT2D eigenvalue weighted by molar-refractivity contribution is 0.0810. The Morgan fingerprint density at radius 2 is 2.41 bits per heavy atom. The lowest BCUT2D eigenvalue weighted by Gasteiger charge is -2.09. The lowest BCUT2D eigenvalue weighted by atomic mass is 10.5. The van der Waals surface area contributed by atoms with Crippen LogP contribution in [0.1, 0.15) is 5.37 Å². The van der Waals surface area contributed by atoms with Crippen molar-refractivity contribution in [3.63, 3.8) is 0 Å². The molecule has 1 saturated heterocycles. The minimum absolute atomic E-state index is 0.00351. The summed E-state index contributed by atoms with van der Waals surface area (Å²) in [6.07, 6.45) is 3.08. The quantitative estimate of drug-likeness (QED) is 0.824. The molecule has 6 nitrogen and oxygen atoms in total. The van der Waals surface area contributed by atoms with Crippen molar-refractivity contribution in [3.8, 4) is 0 Å². The Labute approximate surface area is 106 Å². The Kier molecular flexibility index (Phi) is 2.91. The normalized spacial score (nSPS) is 24.6. The fraction of sp³-hybridized carbons (Fsp3) is 0.444. The summed E-state index contributed by atoms with van der Waals surface area (Å²) in [5.74, 6) is 0.